The van der Waals surface area contributed by atoms with Crippen LogP contribution in [0.2, 0.25) is 10.0 Å². The Balaban J connectivity index is 2.02. The molecule has 0 aromatic heterocycles. The molecular weight excluding hydrogens is 510 g/mol. The number of benzene rings is 2. The molecule has 5 nitrogen and oxygen atoms in total. The van der Waals surface area contributed by atoms with Gasteiger partial charge in [0.15, 0.2) is 0 Å². The highest BCUT2D eigenvalue weighted by atomic mass is 35.5. The predicted octanol–water partition coefficient (Wildman–Crippen LogP) is 5.23. The number of hydrogen-bond donors (Lipinski definition) is 1. The Labute approximate surface area is 208 Å². The standard InChI is InChI=1S/C23H28Cl2F3N3O2S/c1-14(2)19-10-16(23(26,27)28)6-5-15(19)9-18-12-29-22(30(3)4)13-31(18)34(32,33)21-8-7-17(24)11-20(21)25/h5-8,10-11,14,18,22,29H,9,12-13H2,1-4H3. The summed E-state index contributed by atoms with van der Waals surface area (Å²) in [5.74, 6) is -0.167. The van der Waals surface area contributed by atoms with E-state index in [2.05, 4.69) is 5.32 Å². The van der Waals surface area contributed by atoms with Crippen molar-refractivity contribution in [3.8, 4) is 0 Å². The monoisotopic (exact) mass is 537 g/mol. The van der Waals surface area contributed by atoms with E-state index in [9.17, 15) is 21.6 Å². The molecule has 188 valence electrons. The van der Waals surface area contributed by atoms with E-state index in [1.807, 2.05) is 32.8 Å². The van der Waals surface area contributed by atoms with Crippen molar-refractivity contribution < 1.29 is 21.6 Å². The summed E-state index contributed by atoms with van der Waals surface area (Å²) in [7, 11) is -0.337. The van der Waals surface area contributed by atoms with Gasteiger partial charge in [0.2, 0.25) is 10.0 Å². The number of likely N-dealkylation sites (N-methyl/N-ethyl adjacent to an activating group) is 1. The van der Waals surface area contributed by atoms with Gasteiger partial charge in [-0.2, -0.15) is 17.5 Å². The van der Waals surface area contributed by atoms with Gasteiger partial charge in [0.1, 0.15) is 4.90 Å². The molecule has 11 heteroatoms. The van der Waals surface area contributed by atoms with E-state index < -0.39 is 27.8 Å². The molecule has 0 aliphatic carbocycles. The third kappa shape index (κ3) is 5.88. The summed E-state index contributed by atoms with van der Waals surface area (Å²) >= 11 is 12.2. The second-order valence-electron chi connectivity index (χ2n) is 8.96. The fourth-order valence-corrected chi connectivity index (χ4v) is 6.51. The fraction of sp³-hybridized carbons (Fsp3) is 0.478. The minimum absolute atomic E-state index is 0.0172. The molecule has 34 heavy (non-hydrogen) atoms. The van der Waals surface area contributed by atoms with Crippen molar-refractivity contribution >= 4 is 33.2 Å². The van der Waals surface area contributed by atoms with Crippen LogP contribution in [0.3, 0.4) is 0 Å². The molecule has 1 aliphatic heterocycles. The van der Waals surface area contributed by atoms with Crippen LogP contribution < -0.4 is 5.32 Å². The minimum atomic E-state index is -4.45. The Morgan fingerprint density at radius 1 is 1.15 bits per heavy atom. The molecule has 2 aromatic rings. The number of hydrogen-bond acceptors (Lipinski definition) is 4. The van der Waals surface area contributed by atoms with E-state index in [1.54, 1.807) is 0 Å². The van der Waals surface area contributed by atoms with Crippen LogP contribution in [0.1, 0.15) is 36.5 Å². The van der Waals surface area contributed by atoms with E-state index in [1.165, 1.54) is 28.6 Å². The van der Waals surface area contributed by atoms with Crippen molar-refractivity contribution in [3.63, 3.8) is 0 Å². The lowest BCUT2D eigenvalue weighted by molar-refractivity contribution is -0.137. The molecule has 0 amide bonds. The predicted molar refractivity (Wildman–Crippen MR) is 129 cm³/mol. The molecule has 1 aliphatic rings. The smallest absolute Gasteiger partial charge is 0.299 e. The van der Waals surface area contributed by atoms with Gasteiger partial charge in [0, 0.05) is 24.2 Å². The zero-order chi connectivity index (χ0) is 25.4. The van der Waals surface area contributed by atoms with Gasteiger partial charge in [0.25, 0.3) is 0 Å². The normalized spacial score (nSPS) is 20.3. The lowest BCUT2D eigenvalue weighted by Gasteiger charge is -2.42. The van der Waals surface area contributed by atoms with Crippen molar-refractivity contribution in [1.29, 1.82) is 0 Å². The van der Waals surface area contributed by atoms with Crippen LogP contribution in [0, 0.1) is 0 Å². The first kappa shape index (κ1) is 27.2. The Hall–Kier alpha value is -1.36. The van der Waals surface area contributed by atoms with Crippen molar-refractivity contribution in [3.05, 3.63) is 63.1 Å². The number of rotatable bonds is 6. The molecular formula is C23H28Cl2F3N3O2S. The summed E-state index contributed by atoms with van der Waals surface area (Å²) in [5, 5.41) is 3.67. The van der Waals surface area contributed by atoms with Gasteiger partial charge >= 0.3 is 6.18 Å². The van der Waals surface area contributed by atoms with Crippen LogP contribution in [0.5, 0.6) is 0 Å². The molecule has 1 heterocycles. The van der Waals surface area contributed by atoms with Crippen molar-refractivity contribution in [2.75, 3.05) is 27.2 Å². The van der Waals surface area contributed by atoms with E-state index in [-0.39, 0.29) is 35.0 Å². The van der Waals surface area contributed by atoms with Crippen LogP contribution in [-0.4, -0.2) is 57.0 Å². The van der Waals surface area contributed by atoms with Gasteiger partial charge in [-0.3, -0.25) is 10.2 Å². The highest BCUT2D eigenvalue weighted by molar-refractivity contribution is 7.89. The summed E-state index contributed by atoms with van der Waals surface area (Å²) in [4.78, 5) is 1.82. The molecule has 2 unspecified atom stereocenters. The van der Waals surface area contributed by atoms with Crippen LogP contribution in [0.15, 0.2) is 41.3 Å². The number of nitrogens with one attached hydrogen (secondary N) is 1. The maximum Gasteiger partial charge on any atom is 0.416 e. The zero-order valence-corrected chi connectivity index (χ0v) is 21.7. The SMILES string of the molecule is CC(C)c1cc(C(F)(F)F)ccc1CC1CNC(N(C)C)CN1S(=O)(=O)c1ccc(Cl)cc1Cl. The first-order valence-electron chi connectivity index (χ1n) is 10.8. The second kappa shape index (κ2) is 10.3. The van der Waals surface area contributed by atoms with Gasteiger partial charge in [-0.1, -0.05) is 43.1 Å². The molecule has 2 aromatic carbocycles. The van der Waals surface area contributed by atoms with Crippen molar-refractivity contribution in [2.45, 2.75) is 49.5 Å². The third-order valence-electron chi connectivity index (χ3n) is 6.00. The molecule has 1 saturated heterocycles. The maximum absolute atomic E-state index is 13.7. The molecule has 0 bridgehead atoms. The van der Waals surface area contributed by atoms with Gasteiger partial charge in [-0.05, 0) is 67.9 Å². The lowest BCUT2D eigenvalue weighted by Crippen LogP contribution is -2.62. The van der Waals surface area contributed by atoms with Gasteiger partial charge < -0.3 is 0 Å². The molecule has 1 fully saturated rings. The van der Waals surface area contributed by atoms with Crippen molar-refractivity contribution in [1.82, 2.24) is 14.5 Å². The molecule has 2 atom stereocenters. The number of piperazine rings is 1. The van der Waals surface area contributed by atoms with E-state index in [0.717, 1.165) is 12.1 Å². The van der Waals surface area contributed by atoms with E-state index >= 15 is 0 Å². The van der Waals surface area contributed by atoms with Crippen LogP contribution in [-0.2, 0) is 22.6 Å². The summed E-state index contributed by atoms with van der Waals surface area (Å²) in [5.41, 5.74) is 0.513. The Morgan fingerprint density at radius 3 is 2.38 bits per heavy atom. The van der Waals surface area contributed by atoms with Crippen LogP contribution in [0.4, 0.5) is 13.2 Å². The van der Waals surface area contributed by atoms with Gasteiger partial charge in [-0.25, -0.2) is 8.42 Å². The van der Waals surface area contributed by atoms with E-state index in [0.29, 0.717) is 22.7 Å². The Bertz CT molecular complexity index is 1140. The fourth-order valence-electron chi connectivity index (χ4n) is 4.13. The second-order valence-corrected chi connectivity index (χ2v) is 11.7. The Kier molecular flexibility index (Phi) is 8.27. The average molecular weight is 538 g/mol. The highest BCUT2D eigenvalue weighted by Crippen LogP contribution is 2.35. The number of alkyl halides is 3. The average Bonchev–Trinajstić information content (AvgIpc) is 2.72. The molecule has 0 spiro atoms. The molecule has 0 radical (unpaired) electrons. The summed E-state index contributed by atoms with van der Waals surface area (Å²) in [6.07, 6.45) is -4.44. The van der Waals surface area contributed by atoms with Gasteiger partial charge in [0.05, 0.1) is 16.8 Å². The van der Waals surface area contributed by atoms with Crippen molar-refractivity contribution in [2.24, 2.45) is 0 Å². The largest absolute Gasteiger partial charge is 0.416 e. The molecule has 0 saturated carbocycles. The van der Waals surface area contributed by atoms with Crippen LogP contribution >= 0.6 is 23.2 Å². The minimum Gasteiger partial charge on any atom is -0.299 e. The summed E-state index contributed by atoms with van der Waals surface area (Å²) in [6.45, 7) is 4.12. The quantitative estimate of drug-likeness (QED) is 0.548. The third-order valence-corrected chi connectivity index (χ3v) is 8.64. The van der Waals surface area contributed by atoms with Gasteiger partial charge in [-0.15, -0.1) is 0 Å². The topological polar surface area (TPSA) is 52.6 Å². The maximum atomic E-state index is 13.7. The number of nitrogens with zero attached hydrogens (tertiary/aromatic N) is 2. The number of halogens is 5. The highest BCUT2D eigenvalue weighted by Gasteiger charge is 2.39. The number of sulfonamides is 1. The summed E-state index contributed by atoms with van der Waals surface area (Å²) < 4.78 is 68.7. The van der Waals surface area contributed by atoms with E-state index in [4.69, 9.17) is 23.2 Å². The van der Waals surface area contributed by atoms with Crippen LogP contribution in [0.25, 0.3) is 0 Å². The molecule has 3 rings (SSSR count). The first-order valence-corrected chi connectivity index (χ1v) is 13.0. The Morgan fingerprint density at radius 2 is 1.82 bits per heavy atom. The molecule has 1 N–H and O–H groups in total. The zero-order valence-electron chi connectivity index (χ0n) is 19.3. The summed E-state index contributed by atoms with van der Waals surface area (Å²) in [6, 6.07) is 7.36. The first-order chi connectivity index (χ1) is 15.7. The lowest BCUT2D eigenvalue weighted by atomic mass is 9.91.